The van der Waals surface area contributed by atoms with E-state index < -0.39 is 0 Å². The molecule has 0 fully saturated rings. The van der Waals surface area contributed by atoms with Gasteiger partial charge in [0.2, 0.25) is 0 Å². The maximum absolute atomic E-state index is 12.5. The Labute approximate surface area is 166 Å². The highest BCUT2D eigenvalue weighted by Gasteiger charge is 2.26. The number of nitrogens with one attached hydrogen (secondary N) is 1. The maximum Gasteiger partial charge on any atom is 0.271 e. The van der Waals surface area contributed by atoms with E-state index in [1.165, 1.54) is 11.3 Å². The van der Waals surface area contributed by atoms with Crippen molar-refractivity contribution in [1.82, 2.24) is 10.3 Å². The molecule has 1 aliphatic heterocycles. The van der Waals surface area contributed by atoms with Crippen LogP contribution in [0.1, 0.15) is 34.0 Å². The molecule has 0 saturated carbocycles. The Morgan fingerprint density at radius 1 is 1.21 bits per heavy atom. The van der Waals surface area contributed by atoms with E-state index in [1.807, 2.05) is 61.5 Å². The molecule has 1 aliphatic rings. The quantitative estimate of drug-likeness (QED) is 0.719. The molecule has 0 saturated heterocycles. The van der Waals surface area contributed by atoms with E-state index in [0.29, 0.717) is 23.0 Å². The van der Waals surface area contributed by atoms with Gasteiger partial charge >= 0.3 is 0 Å². The van der Waals surface area contributed by atoms with E-state index in [0.717, 1.165) is 11.3 Å². The molecule has 142 valence electrons. The van der Waals surface area contributed by atoms with E-state index in [-0.39, 0.29) is 24.5 Å². The van der Waals surface area contributed by atoms with Crippen LogP contribution in [0, 0.1) is 0 Å². The first-order valence-electron chi connectivity index (χ1n) is 8.94. The van der Waals surface area contributed by atoms with E-state index in [2.05, 4.69) is 10.3 Å². The number of benzene rings is 2. The second kappa shape index (κ2) is 7.82. The van der Waals surface area contributed by atoms with Crippen molar-refractivity contribution < 1.29 is 14.3 Å². The van der Waals surface area contributed by atoms with E-state index in [1.54, 1.807) is 10.3 Å². The molecule has 1 aromatic heterocycles. The number of rotatable bonds is 5. The minimum absolute atomic E-state index is 0.00429. The molecular formula is C21H19N3O3S. The molecule has 1 N–H and O–H groups in total. The van der Waals surface area contributed by atoms with E-state index in [4.69, 9.17) is 4.74 Å². The second-order valence-corrected chi connectivity index (χ2v) is 7.41. The lowest BCUT2D eigenvalue weighted by atomic mass is 10.1. The largest absolute Gasteiger partial charge is 0.482 e. The Hall–Kier alpha value is -3.19. The predicted molar refractivity (Wildman–Crippen MR) is 108 cm³/mol. The highest BCUT2D eigenvalue weighted by atomic mass is 32.1. The van der Waals surface area contributed by atoms with Gasteiger partial charge in [0.25, 0.3) is 11.8 Å². The van der Waals surface area contributed by atoms with Crippen molar-refractivity contribution >= 4 is 28.8 Å². The predicted octanol–water partition coefficient (Wildman–Crippen LogP) is 3.56. The first kappa shape index (κ1) is 18.2. The number of para-hydroxylation sites is 2. The highest BCUT2D eigenvalue weighted by Crippen LogP contribution is 2.32. The molecule has 2 amide bonds. The van der Waals surface area contributed by atoms with Crippen LogP contribution >= 0.6 is 11.3 Å². The van der Waals surface area contributed by atoms with Crippen molar-refractivity contribution in [3.8, 4) is 5.75 Å². The number of carbonyl (C=O) groups excluding carboxylic acids is 2. The number of ether oxygens (including phenoxy) is 1. The Morgan fingerprint density at radius 3 is 2.79 bits per heavy atom. The lowest BCUT2D eigenvalue weighted by molar-refractivity contribution is -0.121. The van der Waals surface area contributed by atoms with Gasteiger partial charge in [-0.05, 0) is 24.6 Å². The molecule has 0 spiro atoms. The number of hydrogen-bond acceptors (Lipinski definition) is 5. The number of hydrogen-bond donors (Lipinski definition) is 1. The van der Waals surface area contributed by atoms with Crippen molar-refractivity contribution in [2.75, 3.05) is 11.5 Å². The molecule has 6 nitrogen and oxygen atoms in total. The SMILES string of the molecule is C[C@@H](NC(=O)c1csc(CN2C(=O)COc3ccccc32)n1)c1ccccc1. The topological polar surface area (TPSA) is 71.5 Å². The van der Waals surface area contributed by atoms with Crippen LogP contribution in [0.15, 0.2) is 60.0 Å². The maximum atomic E-state index is 12.5. The molecule has 0 radical (unpaired) electrons. The summed E-state index contributed by atoms with van der Waals surface area (Å²) in [5.74, 6) is 0.318. The Bertz CT molecular complexity index is 1000. The number of anilines is 1. The summed E-state index contributed by atoms with van der Waals surface area (Å²) in [6.45, 7) is 2.25. The van der Waals surface area contributed by atoms with Gasteiger partial charge in [-0.2, -0.15) is 0 Å². The molecule has 1 atom stereocenters. The van der Waals surface area contributed by atoms with Gasteiger partial charge in [0.05, 0.1) is 18.3 Å². The molecule has 0 unspecified atom stereocenters. The molecule has 4 rings (SSSR count). The third-order valence-electron chi connectivity index (χ3n) is 4.53. The summed E-state index contributed by atoms with van der Waals surface area (Å²) in [7, 11) is 0. The summed E-state index contributed by atoms with van der Waals surface area (Å²) in [5.41, 5.74) is 2.11. The number of fused-ring (bicyclic) bond motifs is 1. The van der Waals surface area contributed by atoms with Crippen LogP contribution in [0.3, 0.4) is 0 Å². The lowest BCUT2D eigenvalue weighted by Crippen LogP contribution is -2.38. The molecule has 2 heterocycles. The van der Waals surface area contributed by atoms with Crippen LogP contribution < -0.4 is 15.0 Å². The van der Waals surface area contributed by atoms with Gasteiger partial charge in [0, 0.05) is 5.38 Å². The van der Waals surface area contributed by atoms with Crippen LogP contribution in [0.2, 0.25) is 0 Å². The smallest absolute Gasteiger partial charge is 0.271 e. The first-order valence-corrected chi connectivity index (χ1v) is 9.82. The van der Waals surface area contributed by atoms with Crippen molar-refractivity contribution in [1.29, 1.82) is 0 Å². The van der Waals surface area contributed by atoms with Gasteiger partial charge in [-0.15, -0.1) is 11.3 Å². The summed E-state index contributed by atoms with van der Waals surface area (Å²) in [6.07, 6.45) is 0. The number of aromatic nitrogens is 1. The van der Waals surface area contributed by atoms with E-state index in [9.17, 15) is 9.59 Å². The number of thiazole rings is 1. The summed E-state index contributed by atoms with van der Waals surface area (Å²) < 4.78 is 5.46. The average molecular weight is 393 g/mol. The van der Waals surface area contributed by atoms with Gasteiger partial charge < -0.3 is 10.1 Å². The highest BCUT2D eigenvalue weighted by molar-refractivity contribution is 7.09. The summed E-state index contributed by atoms with van der Waals surface area (Å²) >= 11 is 1.36. The van der Waals surface area contributed by atoms with Gasteiger partial charge in [-0.25, -0.2) is 4.98 Å². The standard InChI is InChI=1S/C21H19N3O3S/c1-14(15-7-3-2-4-8-15)22-21(26)16-13-28-19(23-16)11-24-17-9-5-6-10-18(17)27-12-20(24)25/h2-10,13-14H,11-12H2,1H3,(H,22,26)/t14-/m1/s1. The van der Waals surface area contributed by atoms with Crippen LogP contribution in [-0.4, -0.2) is 23.4 Å². The minimum atomic E-state index is -0.229. The zero-order valence-corrected chi connectivity index (χ0v) is 16.1. The molecule has 3 aromatic rings. The zero-order valence-electron chi connectivity index (χ0n) is 15.3. The normalized spacial score (nSPS) is 14.2. The fourth-order valence-corrected chi connectivity index (χ4v) is 3.81. The molecule has 7 heteroatoms. The monoisotopic (exact) mass is 393 g/mol. The van der Waals surface area contributed by atoms with Crippen LogP contribution in [0.4, 0.5) is 5.69 Å². The van der Waals surface area contributed by atoms with Crippen molar-refractivity contribution in [2.24, 2.45) is 0 Å². The molecular weight excluding hydrogens is 374 g/mol. The molecule has 0 bridgehead atoms. The van der Waals surface area contributed by atoms with Crippen LogP contribution in [0.25, 0.3) is 0 Å². The Kier molecular flexibility index (Phi) is 5.08. The summed E-state index contributed by atoms with van der Waals surface area (Å²) in [4.78, 5) is 30.9. The van der Waals surface area contributed by atoms with Crippen LogP contribution in [-0.2, 0) is 11.3 Å². The van der Waals surface area contributed by atoms with E-state index >= 15 is 0 Å². The minimum Gasteiger partial charge on any atom is -0.482 e. The lowest BCUT2D eigenvalue weighted by Gasteiger charge is -2.28. The van der Waals surface area contributed by atoms with Crippen LogP contribution in [0.5, 0.6) is 5.75 Å². The summed E-state index contributed by atoms with van der Waals surface area (Å²) in [5, 5.41) is 5.38. The van der Waals surface area contributed by atoms with Gasteiger partial charge in [-0.1, -0.05) is 42.5 Å². The molecule has 0 aliphatic carbocycles. The first-order chi connectivity index (χ1) is 13.6. The fourth-order valence-electron chi connectivity index (χ4n) is 3.05. The van der Waals surface area contributed by atoms with Gasteiger partial charge in [-0.3, -0.25) is 14.5 Å². The van der Waals surface area contributed by atoms with Gasteiger partial charge in [0.15, 0.2) is 6.61 Å². The Morgan fingerprint density at radius 2 is 1.96 bits per heavy atom. The van der Waals surface area contributed by atoms with Gasteiger partial charge in [0.1, 0.15) is 16.5 Å². The Balaban J connectivity index is 1.46. The van der Waals surface area contributed by atoms with Crippen molar-refractivity contribution in [3.63, 3.8) is 0 Å². The third kappa shape index (κ3) is 3.75. The zero-order chi connectivity index (χ0) is 19.5. The fraction of sp³-hybridized carbons (Fsp3) is 0.190. The number of carbonyl (C=O) groups is 2. The van der Waals surface area contributed by atoms with Crippen molar-refractivity contribution in [2.45, 2.75) is 19.5 Å². The second-order valence-electron chi connectivity index (χ2n) is 6.47. The molecule has 2 aromatic carbocycles. The third-order valence-corrected chi connectivity index (χ3v) is 5.37. The molecule has 28 heavy (non-hydrogen) atoms. The number of nitrogens with zero attached hydrogens (tertiary/aromatic N) is 2. The average Bonchev–Trinajstić information content (AvgIpc) is 3.20. The summed E-state index contributed by atoms with van der Waals surface area (Å²) in [6, 6.07) is 17.0. The number of amides is 2. The van der Waals surface area contributed by atoms with Crippen molar-refractivity contribution in [3.05, 3.63) is 76.2 Å².